The Morgan fingerprint density at radius 3 is 3.20 bits per heavy atom. The molecule has 0 amide bonds. The van der Waals surface area contributed by atoms with Gasteiger partial charge in [-0.3, -0.25) is 10.1 Å². The molecule has 0 aliphatic rings. The van der Waals surface area contributed by atoms with Gasteiger partial charge in [-0.25, -0.2) is 4.98 Å². The van der Waals surface area contributed by atoms with Crippen LogP contribution in [0.15, 0.2) is 6.20 Å². The summed E-state index contributed by atoms with van der Waals surface area (Å²) in [5, 5.41) is 14.0. The van der Waals surface area contributed by atoms with E-state index in [-0.39, 0.29) is 5.00 Å². The Hall–Kier alpha value is -1.26. The van der Waals surface area contributed by atoms with Gasteiger partial charge in [0, 0.05) is 12.3 Å². The third-order valence-electron chi connectivity index (χ3n) is 1.38. The Balaban J connectivity index is 2.26. The first kappa shape index (κ1) is 11.8. The minimum Gasteiger partial charge on any atom is -0.361 e. The second-order valence-corrected chi connectivity index (χ2v) is 4.56. The third-order valence-corrected chi connectivity index (χ3v) is 3.15. The van der Waals surface area contributed by atoms with Crippen molar-refractivity contribution < 1.29 is 4.92 Å². The molecule has 0 aliphatic heterocycles. The maximum absolute atomic E-state index is 10.4. The number of thiazole rings is 1. The lowest BCUT2D eigenvalue weighted by Crippen LogP contribution is -2.03. The Labute approximate surface area is 95.4 Å². The molecule has 0 atom stereocenters. The monoisotopic (exact) mass is 243 g/mol. The van der Waals surface area contributed by atoms with Crippen molar-refractivity contribution in [3.8, 4) is 12.3 Å². The van der Waals surface area contributed by atoms with Crippen molar-refractivity contribution in [2.45, 2.75) is 0 Å². The molecule has 1 N–H and O–H groups in total. The lowest BCUT2D eigenvalue weighted by molar-refractivity contribution is -0.380. The van der Waals surface area contributed by atoms with Crippen molar-refractivity contribution in [2.75, 3.05) is 23.4 Å². The molecular weight excluding hydrogens is 234 g/mol. The van der Waals surface area contributed by atoms with Crippen molar-refractivity contribution >= 4 is 33.2 Å². The summed E-state index contributed by atoms with van der Waals surface area (Å²) in [7, 11) is 0. The van der Waals surface area contributed by atoms with E-state index in [1.807, 2.05) is 0 Å². The van der Waals surface area contributed by atoms with Gasteiger partial charge < -0.3 is 5.32 Å². The van der Waals surface area contributed by atoms with E-state index in [2.05, 4.69) is 16.2 Å². The molecule has 80 valence electrons. The molecular formula is C8H9N3O2S2. The van der Waals surface area contributed by atoms with E-state index < -0.39 is 4.92 Å². The van der Waals surface area contributed by atoms with Gasteiger partial charge >= 0.3 is 5.00 Å². The van der Waals surface area contributed by atoms with E-state index in [1.165, 1.54) is 6.20 Å². The number of aromatic nitrogens is 1. The highest BCUT2D eigenvalue weighted by molar-refractivity contribution is 7.99. The normalized spacial score (nSPS) is 9.53. The fourth-order valence-corrected chi connectivity index (χ4v) is 1.96. The van der Waals surface area contributed by atoms with Crippen molar-refractivity contribution in [1.29, 1.82) is 0 Å². The van der Waals surface area contributed by atoms with E-state index in [0.717, 1.165) is 17.1 Å². The van der Waals surface area contributed by atoms with Crippen LogP contribution in [0.1, 0.15) is 0 Å². The quantitative estimate of drug-likeness (QED) is 0.357. The van der Waals surface area contributed by atoms with Gasteiger partial charge in [0.2, 0.25) is 0 Å². The molecule has 7 heteroatoms. The first-order valence-corrected chi connectivity index (χ1v) is 6.06. The molecule has 0 spiro atoms. The lowest BCUT2D eigenvalue weighted by Gasteiger charge is -1.99. The highest BCUT2D eigenvalue weighted by Crippen LogP contribution is 2.24. The van der Waals surface area contributed by atoms with Gasteiger partial charge in [0.05, 0.1) is 10.7 Å². The molecule has 0 unspecified atom stereocenters. The molecule has 0 saturated carbocycles. The summed E-state index contributed by atoms with van der Waals surface area (Å²) in [4.78, 5) is 13.8. The maximum Gasteiger partial charge on any atom is 0.345 e. The number of hydrogen-bond acceptors (Lipinski definition) is 6. The van der Waals surface area contributed by atoms with Gasteiger partial charge in [-0.15, -0.1) is 18.2 Å². The molecule has 15 heavy (non-hydrogen) atoms. The topological polar surface area (TPSA) is 68.1 Å². The number of rotatable bonds is 6. The number of nitrogens with one attached hydrogen (secondary N) is 1. The first-order valence-electron chi connectivity index (χ1n) is 4.09. The van der Waals surface area contributed by atoms with E-state index in [4.69, 9.17) is 6.42 Å². The summed E-state index contributed by atoms with van der Waals surface area (Å²) in [6.45, 7) is 0.705. The molecule has 0 bridgehead atoms. The zero-order valence-electron chi connectivity index (χ0n) is 7.80. The van der Waals surface area contributed by atoms with E-state index >= 15 is 0 Å². The minimum atomic E-state index is -0.448. The Morgan fingerprint density at radius 2 is 2.60 bits per heavy atom. The fourth-order valence-electron chi connectivity index (χ4n) is 0.793. The van der Waals surface area contributed by atoms with Crippen LogP contribution >= 0.6 is 23.1 Å². The van der Waals surface area contributed by atoms with Crippen molar-refractivity contribution in [1.82, 2.24) is 4.98 Å². The molecule has 1 aromatic heterocycles. The van der Waals surface area contributed by atoms with Crippen LogP contribution in [0.4, 0.5) is 10.1 Å². The average Bonchev–Trinajstić information content (AvgIpc) is 2.66. The summed E-state index contributed by atoms with van der Waals surface area (Å²) in [5.74, 6) is 4.06. The number of nitrogens with zero attached hydrogens (tertiary/aromatic N) is 2. The van der Waals surface area contributed by atoms with Gasteiger partial charge in [0.15, 0.2) is 5.13 Å². The summed E-state index contributed by atoms with van der Waals surface area (Å²) in [5.41, 5.74) is 0. The average molecular weight is 243 g/mol. The van der Waals surface area contributed by atoms with Crippen LogP contribution < -0.4 is 5.32 Å². The van der Waals surface area contributed by atoms with Crippen LogP contribution in [0, 0.1) is 22.5 Å². The predicted molar refractivity (Wildman–Crippen MR) is 63.4 cm³/mol. The number of nitro groups is 1. The second-order valence-electron chi connectivity index (χ2n) is 2.44. The van der Waals surface area contributed by atoms with Crippen LogP contribution in [0.2, 0.25) is 0 Å². The summed E-state index contributed by atoms with van der Waals surface area (Å²) in [6.07, 6.45) is 6.33. The Bertz CT molecular complexity index is 372. The lowest BCUT2D eigenvalue weighted by atomic mass is 10.7. The first-order chi connectivity index (χ1) is 7.24. The second kappa shape index (κ2) is 6.27. The smallest absolute Gasteiger partial charge is 0.345 e. The van der Waals surface area contributed by atoms with E-state index in [0.29, 0.717) is 17.4 Å². The Kier molecular flexibility index (Phi) is 4.93. The number of terminal acetylenes is 1. The molecule has 0 saturated heterocycles. The molecule has 0 aliphatic carbocycles. The Morgan fingerprint density at radius 1 is 1.80 bits per heavy atom. The molecule has 0 aromatic carbocycles. The number of anilines is 1. The summed E-state index contributed by atoms with van der Waals surface area (Å²) >= 11 is 2.66. The molecule has 1 heterocycles. The van der Waals surface area contributed by atoms with Gasteiger partial charge in [-0.05, 0) is 11.3 Å². The molecule has 1 rings (SSSR count). The molecule has 5 nitrogen and oxygen atoms in total. The van der Waals surface area contributed by atoms with Crippen LogP contribution in [-0.2, 0) is 0 Å². The third kappa shape index (κ3) is 4.18. The fraction of sp³-hybridized carbons (Fsp3) is 0.375. The maximum atomic E-state index is 10.4. The number of hydrogen-bond donors (Lipinski definition) is 1. The van der Waals surface area contributed by atoms with Gasteiger partial charge in [0.1, 0.15) is 6.20 Å². The van der Waals surface area contributed by atoms with Crippen LogP contribution in [-0.4, -0.2) is 28.0 Å². The number of thioether (sulfide) groups is 1. The molecule has 0 fully saturated rings. The van der Waals surface area contributed by atoms with Crippen LogP contribution in [0.25, 0.3) is 0 Å². The van der Waals surface area contributed by atoms with Crippen molar-refractivity contribution in [3.05, 3.63) is 16.3 Å². The summed E-state index contributed by atoms with van der Waals surface area (Å²) < 4.78 is 0. The van der Waals surface area contributed by atoms with Gasteiger partial charge in [-0.1, -0.05) is 5.92 Å². The van der Waals surface area contributed by atoms with Crippen molar-refractivity contribution in [3.63, 3.8) is 0 Å². The van der Waals surface area contributed by atoms with Crippen LogP contribution in [0.5, 0.6) is 0 Å². The zero-order valence-corrected chi connectivity index (χ0v) is 9.44. The van der Waals surface area contributed by atoms with Crippen molar-refractivity contribution in [2.24, 2.45) is 0 Å². The minimum absolute atomic E-state index is 0.0498. The van der Waals surface area contributed by atoms with Gasteiger partial charge in [-0.2, -0.15) is 0 Å². The van der Waals surface area contributed by atoms with Gasteiger partial charge in [0.25, 0.3) is 0 Å². The van der Waals surface area contributed by atoms with E-state index in [1.54, 1.807) is 11.8 Å². The standard InChI is InChI=1S/C8H9N3O2S2/c1-2-4-14-5-3-9-8-10-6-7(15-8)11(12)13/h1,6H,3-5H2,(H,9,10). The largest absolute Gasteiger partial charge is 0.361 e. The SMILES string of the molecule is C#CCSCCNc1ncc([N+](=O)[O-])s1. The molecule has 0 radical (unpaired) electrons. The zero-order chi connectivity index (χ0) is 11.1. The molecule has 1 aromatic rings. The highest BCUT2D eigenvalue weighted by atomic mass is 32.2. The highest BCUT2D eigenvalue weighted by Gasteiger charge is 2.10. The van der Waals surface area contributed by atoms with E-state index in [9.17, 15) is 10.1 Å². The summed E-state index contributed by atoms with van der Waals surface area (Å²) in [6, 6.07) is 0. The van der Waals surface area contributed by atoms with Crippen LogP contribution in [0.3, 0.4) is 0 Å². The predicted octanol–water partition coefficient (Wildman–Crippen LogP) is 1.83.